The Morgan fingerprint density at radius 2 is 1.35 bits per heavy atom. The largest absolute Gasteiger partial charge is 0.390 e. The van der Waals surface area contributed by atoms with E-state index in [0.29, 0.717) is 10.4 Å². The SMILES string of the molecule is CSc1nc2ccccc2n1CC(=O)OC(=O)Cn1c(SC(C)C)nc2ccccc21. The Morgan fingerprint density at radius 3 is 1.87 bits per heavy atom. The smallest absolute Gasteiger partial charge is 0.333 e. The molecule has 0 bridgehead atoms. The number of para-hydroxylation sites is 4. The summed E-state index contributed by atoms with van der Waals surface area (Å²) in [6.45, 7) is 3.96. The van der Waals surface area contributed by atoms with Gasteiger partial charge in [-0.15, -0.1) is 0 Å². The van der Waals surface area contributed by atoms with Crippen LogP contribution in [0.4, 0.5) is 0 Å². The molecule has 2 heterocycles. The monoisotopic (exact) mass is 454 g/mol. The highest BCUT2D eigenvalue weighted by Crippen LogP contribution is 2.27. The van der Waals surface area contributed by atoms with Crippen LogP contribution in [0.2, 0.25) is 0 Å². The van der Waals surface area contributed by atoms with Gasteiger partial charge in [-0.2, -0.15) is 0 Å². The molecule has 0 atom stereocenters. The lowest BCUT2D eigenvalue weighted by molar-refractivity contribution is -0.160. The predicted octanol–water partition coefficient (Wildman–Crippen LogP) is 4.38. The van der Waals surface area contributed by atoms with Crippen molar-refractivity contribution >= 4 is 57.5 Å². The summed E-state index contributed by atoms with van der Waals surface area (Å²) in [5.41, 5.74) is 3.26. The number of nitrogens with zero attached hydrogens (tertiary/aromatic N) is 4. The van der Waals surface area contributed by atoms with Crippen LogP contribution in [0, 0.1) is 0 Å². The molecule has 0 unspecified atom stereocenters. The van der Waals surface area contributed by atoms with Crippen LogP contribution < -0.4 is 0 Å². The summed E-state index contributed by atoms with van der Waals surface area (Å²) in [5, 5.41) is 1.72. The normalized spacial score (nSPS) is 11.5. The number of ether oxygens (including phenoxy) is 1. The highest BCUT2D eigenvalue weighted by Gasteiger charge is 2.20. The molecule has 0 N–H and O–H groups in total. The maximum Gasteiger partial charge on any atom is 0.333 e. The molecule has 0 amide bonds. The van der Waals surface area contributed by atoms with E-state index in [-0.39, 0.29) is 13.1 Å². The molecule has 160 valence electrons. The highest BCUT2D eigenvalue weighted by molar-refractivity contribution is 7.99. The summed E-state index contributed by atoms with van der Waals surface area (Å²) in [7, 11) is 0. The van der Waals surface area contributed by atoms with Crippen molar-refractivity contribution in [1.82, 2.24) is 19.1 Å². The third kappa shape index (κ3) is 4.62. The van der Waals surface area contributed by atoms with E-state index in [2.05, 4.69) is 23.8 Å². The summed E-state index contributed by atoms with van der Waals surface area (Å²) >= 11 is 3.00. The number of carbonyl (C=O) groups excluding carboxylic acids is 2. The third-order valence-electron chi connectivity index (χ3n) is 4.56. The Kier molecular flexibility index (Phi) is 6.33. The number of hydrogen-bond acceptors (Lipinski definition) is 7. The molecule has 0 aliphatic carbocycles. The van der Waals surface area contributed by atoms with E-state index in [0.717, 1.165) is 27.2 Å². The van der Waals surface area contributed by atoms with Gasteiger partial charge in [0.2, 0.25) is 0 Å². The minimum absolute atomic E-state index is 0.0820. The third-order valence-corrected chi connectivity index (χ3v) is 6.24. The molecule has 31 heavy (non-hydrogen) atoms. The van der Waals surface area contributed by atoms with Crippen LogP contribution in [0.5, 0.6) is 0 Å². The Labute approximate surface area is 188 Å². The molecule has 4 aromatic rings. The average Bonchev–Trinajstić information content (AvgIpc) is 3.25. The van der Waals surface area contributed by atoms with Crippen molar-refractivity contribution in [2.24, 2.45) is 0 Å². The molecule has 2 aromatic carbocycles. The van der Waals surface area contributed by atoms with Crippen molar-refractivity contribution in [3.63, 3.8) is 0 Å². The predicted molar refractivity (Wildman–Crippen MR) is 123 cm³/mol. The summed E-state index contributed by atoms with van der Waals surface area (Å²) in [6, 6.07) is 15.2. The Morgan fingerprint density at radius 1 is 0.871 bits per heavy atom. The molecule has 0 saturated heterocycles. The lowest BCUT2D eigenvalue weighted by Crippen LogP contribution is -2.22. The second kappa shape index (κ2) is 9.15. The molecule has 0 fully saturated rings. The van der Waals surface area contributed by atoms with E-state index in [1.54, 1.807) is 20.9 Å². The van der Waals surface area contributed by atoms with Crippen LogP contribution in [0.3, 0.4) is 0 Å². The molecule has 4 rings (SSSR count). The van der Waals surface area contributed by atoms with Gasteiger partial charge < -0.3 is 13.9 Å². The van der Waals surface area contributed by atoms with E-state index in [9.17, 15) is 9.59 Å². The molecular weight excluding hydrogens is 432 g/mol. The van der Waals surface area contributed by atoms with E-state index in [4.69, 9.17) is 4.74 Å². The van der Waals surface area contributed by atoms with Crippen molar-refractivity contribution in [2.45, 2.75) is 42.5 Å². The molecule has 0 aliphatic rings. The summed E-state index contributed by atoms with van der Waals surface area (Å²) in [4.78, 5) is 34.3. The fourth-order valence-electron chi connectivity index (χ4n) is 3.32. The maximum atomic E-state index is 12.6. The average molecular weight is 455 g/mol. The van der Waals surface area contributed by atoms with E-state index >= 15 is 0 Å². The summed E-state index contributed by atoms with van der Waals surface area (Å²) in [6.07, 6.45) is 1.90. The minimum atomic E-state index is -0.620. The topological polar surface area (TPSA) is 79.0 Å². The van der Waals surface area contributed by atoms with Gasteiger partial charge in [-0.1, -0.05) is 61.6 Å². The van der Waals surface area contributed by atoms with Crippen molar-refractivity contribution in [3.05, 3.63) is 48.5 Å². The Bertz CT molecular complexity index is 1260. The van der Waals surface area contributed by atoms with Gasteiger partial charge in [-0.3, -0.25) is 0 Å². The van der Waals surface area contributed by atoms with Gasteiger partial charge in [0.1, 0.15) is 13.1 Å². The summed E-state index contributed by atoms with van der Waals surface area (Å²) < 4.78 is 8.73. The van der Waals surface area contributed by atoms with Gasteiger partial charge >= 0.3 is 11.9 Å². The first-order chi connectivity index (χ1) is 15.0. The van der Waals surface area contributed by atoms with Crippen molar-refractivity contribution in [1.29, 1.82) is 0 Å². The van der Waals surface area contributed by atoms with Gasteiger partial charge in [-0.25, -0.2) is 19.6 Å². The zero-order valence-corrected chi connectivity index (χ0v) is 19.1. The molecule has 0 aliphatic heterocycles. The molecule has 0 spiro atoms. The second-order valence-corrected chi connectivity index (χ2v) is 9.47. The number of fused-ring (bicyclic) bond motifs is 2. The molecule has 9 heteroatoms. The number of esters is 2. The Balaban J connectivity index is 1.52. The zero-order chi connectivity index (χ0) is 22.0. The molecule has 0 radical (unpaired) electrons. The van der Waals surface area contributed by atoms with Crippen LogP contribution in [-0.2, 0) is 27.4 Å². The van der Waals surface area contributed by atoms with Crippen molar-refractivity contribution in [2.75, 3.05) is 6.26 Å². The van der Waals surface area contributed by atoms with Crippen LogP contribution in [0.1, 0.15) is 13.8 Å². The van der Waals surface area contributed by atoms with Gasteiger partial charge in [-0.05, 0) is 30.5 Å². The quantitative estimate of drug-likeness (QED) is 0.233. The number of imidazole rings is 2. The van der Waals surface area contributed by atoms with Crippen LogP contribution in [0.15, 0.2) is 58.8 Å². The van der Waals surface area contributed by atoms with Gasteiger partial charge in [0.25, 0.3) is 0 Å². The van der Waals surface area contributed by atoms with Gasteiger partial charge in [0.05, 0.1) is 22.1 Å². The van der Waals surface area contributed by atoms with Crippen LogP contribution in [0.25, 0.3) is 22.1 Å². The van der Waals surface area contributed by atoms with Gasteiger partial charge in [0, 0.05) is 5.25 Å². The first kappa shape index (κ1) is 21.5. The first-order valence-electron chi connectivity index (χ1n) is 9.81. The van der Waals surface area contributed by atoms with Crippen LogP contribution >= 0.6 is 23.5 Å². The second-order valence-electron chi connectivity index (χ2n) is 7.16. The van der Waals surface area contributed by atoms with Gasteiger partial charge in [0.15, 0.2) is 10.3 Å². The number of rotatable bonds is 7. The van der Waals surface area contributed by atoms with E-state index in [1.807, 2.05) is 54.8 Å². The molecular formula is C22H22N4O3S2. The number of hydrogen-bond donors (Lipinski definition) is 0. The maximum absolute atomic E-state index is 12.6. The number of carbonyl (C=O) groups is 2. The lowest BCUT2D eigenvalue weighted by atomic mass is 10.3. The Hall–Kier alpha value is -2.78. The molecule has 2 aromatic heterocycles. The lowest BCUT2D eigenvalue weighted by Gasteiger charge is -2.10. The van der Waals surface area contributed by atoms with E-state index < -0.39 is 11.9 Å². The highest BCUT2D eigenvalue weighted by atomic mass is 32.2. The fraction of sp³-hybridized carbons (Fsp3) is 0.273. The zero-order valence-electron chi connectivity index (χ0n) is 17.4. The fourth-order valence-corrected chi connectivity index (χ4v) is 4.75. The first-order valence-corrected chi connectivity index (χ1v) is 11.9. The van der Waals surface area contributed by atoms with Crippen LogP contribution in [-0.4, -0.2) is 42.5 Å². The number of aromatic nitrogens is 4. The van der Waals surface area contributed by atoms with Crippen molar-refractivity contribution in [3.8, 4) is 0 Å². The number of benzene rings is 2. The molecule has 7 nitrogen and oxygen atoms in total. The molecule has 0 saturated carbocycles. The number of thioether (sulfide) groups is 2. The van der Waals surface area contributed by atoms with E-state index in [1.165, 1.54) is 11.8 Å². The summed E-state index contributed by atoms with van der Waals surface area (Å²) in [5.74, 6) is -1.24. The standard InChI is InChI=1S/C22H22N4O3S2/c1-14(2)31-22-24-16-9-5-7-11-18(16)26(22)13-20(28)29-19(27)12-25-17-10-6-4-8-15(17)23-21(25)30-3/h4-11,14H,12-13H2,1-3H3. The van der Waals surface area contributed by atoms with Crippen molar-refractivity contribution < 1.29 is 14.3 Å². The minimum Gasteiger partial charge on any atom is -0.390 e.